The van der Waals surface area contributed by atoms with Gasteiger partial charge < -0.3 is 9.84 Å². The Morgan fingerprint density at radius 3 is 2.93 bits per heavy atom. The van der Waals surface area contributed by atoms with Gasteiger partial charge in [0.25, 0.3) is 0 Å². The summed E-state index contributed by atoms with van der Waals surface area (Å²) in [5.41, 5.74) is 2.09. The highest BCUT2D eigenvalue weighted by Gasteiger charge is 2.32. The van der Waals surface area contributed by atoms with Crippen LogP contribution in [0.4, 0.5) is 0 Å². The van der Waals surface area contributed by atoms with Gasteiger partial charge in [0.1, 0.15) is 0 Å². The first-order chi connectivity index (χ1) is 7.22. The summed E-state index contributed by atoms with van der Waals surface area (Å²) in [6.07, 6.45) is 0.513. The molecule has 0 radical (unpaired) electrons. The Labute approximate surface area is 88.7 Å². The lowest BCUT2D eigenvalue weighted by Gasteiger charge is -2.12. The maximum absolute atomic E-state index is 11.1. The third kappa shape index (κ3) is 1.88. The molecule has 0 bridgehead atoms. The number of hydrogen-bond acceptors (Lipinski definition) is 3. The second-order valence-electron chi connectivity index (χ2n) is 3.89. The zero-order chi connectivity index (χ0) is 10.8. The van der Waals surface area contributed by atoms with Crippen molar-refractivity contribution < 1.29 is 14.6 Å². The van der Waals surface area contributed by atoms with Crippen LogP contribution in [0.5, 0.6) is 0 Å². The van der Waals surface area contributed by atoms with Gasteiger partial charge in [-0.3, -0.25) is 4.79 Å². The Kier molecular flexibility index (Phi) is 2.73. The first kappa shape index (κ1) is 10.2. The average Bonchev–Trinajstić information content (AvgIpc) is 2.57. The Hall–Kier alpha value is -1.35. The average molecular weight is 206 g/mol. The minimum Gasteiger partial charge on any atom is -0.469 e. The molecule has 0 aromatic heterocycles. The van der Waals surface area contributed by atoms with E-state index in [0.717, 1.165) is 17.5 Å². The van der Waals surface area contributed by atoms with Crippen LogP contribution in [0.25, 0.3) is 0 Å². The molecular weight excluding hydrogens is 192 g/mol. The summed E-state index contributed by atoms with van der Waals surface area (Å²) in [6, 6.07) is 7.77. The molecule has 0 spiro atoms. The summed E-state index contributed by atoms with van der Waals surface area (Å²) in [6.45, 7) is 0. The molecule has 0 amide bonds. The number of ether oxygens (including phenoxy) is 1. The number of fused-ring (bicyclic) bond motifs is 1. The largest absolute Gasteiger partial charge is 0.469 e. The molecule has 3 nitrogen and oxygen atoms in total. The van der Waals surface area contributed by atoms with Crippen LogP contribution in [-0.4, -0.2) is 18.2 Å². The highest BCUT2D eigenvalue weighted by Crippen LogP contribution is 2.37. The topological polar surface area (TPSA) is 46.5 Å². The molecule has 0 heterocycles. The summed E-state index contributed by atoms with van der Waals surface area (Å²) in [7, 11) is 1.37. The van der Waals surface area contributed by atoms with E-state index in [1.165, 1.54) is 7.11 Å². The van der Waals surface area contributed by atoms with Gasteiger partial charge in [-0.15, -0.1) is 0 Å². The minimum atomic E-state index is -0.528. The lowest BCUT2D eigenvalue weighted by atomic mass is 10.00. The SMILES string of the molecule is COC(=O)C[C@@H]1Cc2ccccc2[C@H]1O. The second-order valence-corrected chi connectivity index (χ2v) is 3.89. The van der Waals surface area contributed by atoms with E-state index in [0.29, 0.717) is 0 Å². The monoisotopic (exact) mass is 206 g/mol. The van der Waals surface area contributed by atoms with Gasteiger partial charge in [-0.2, -0.15) is 0 Å². The van der Waals surface area contributed by atoms with E-state index in [2.05, 4.69) is 4.74 Å². The predicted octanol–water partition coefficient (Wildman–Crippen LogP) is 1.46. The molecular formula is C12H14O3. The van der Waals surface area contributed by atoms with Crippen molar-refractivity contribution in [1.82, 2.24) is 0 Å². The molecule has 1 N–H and O–H groups in total. The molecule has 0 fully saturated rings. The quantitative estimate of drug-likeness (QED) is 0.745. The summed E-state index contributed by atoms with van der Waals surface area (Å²) in [5.74, 6) is -0.290. The van der Waals surface area contributed by atoms with Gasteiger partial charge in [0.05, 0.1) is 19.6 Å². The van der Waals surface area contributed by atoms with E-state index in [-0.39, 0.29) is 18.3 Å². The molecule has 0 saturated heterocycles. The number of aliphatic hydroxyl groups is 1. The van der Waals surface area contributed by atoms with Crippen LogP contribution in [0.3, 0.4) is 0 Å². The molecule has 0 unspecified atom stereocenters. The lowest BCUT2D eigenvalue weighted by molar-refractivity contribution is -0.142. The van der Waals surface area contributed by atoms with Gasteiger partial charge in [0.15, 0.2) is 0 Å². The van der Waals surface area contributed by atoms with Crippen molar-refractivity contribution in [3.63, 3.8) is 0 Å². The Morgan fingerprint density at radius 1 is 1.53 bits per heavy atom. The first-order valence-electron chi connectivity index (χ1n) is 5.05. The second kappa shape index (κ2) is 4.03. The van der Waals surface area contributed by atoms with Crippen molar-refractivity contribution in [1.29, 1.82) is 0 Å². The highest BCUT2D eigenvalue weighted by atomic mass is 16.5. The number of aliphatic hydroxyl groups excluding tert-OH is 1. The van der Waals surface area contributed by atoms with Crippen LogP contribution >= 0.6 is 0 Å². The van der Waals surface area contributed by atoms with E-state index in [4.69, 9.17) is 0 Å². The van der Waals surface area contributed by atoms with Crippen molar-refractivity contribution in [2.24, 2.45) is 5.92 Å². The number of carbonyl (C=O) groups is 1. The van der Waals surface area contributed by atoms with Crippen LogP contribution < -0.4 is 0 Å². The van der Waals surface area contributed by atoms with Crippen LogP contribution in [0.15, 0.2) is 24.3 Å². The number of methoxy groups -OCH3 is 1. The molecule has 0 saturated carbocycles. The van der Waals surface area contributed by atoms with Crippen molar-refractivity contribution in [3.05, 3.63) is 35.4 Å². The lowest BCUT2D eigenvalue weighted by Crippen LogP contribution is -2.14. The maximum Gasteiger partial charge on any atom is 0.305 e. The molecule has 3 heteroatoms. The molecule has 1 aliphatic carbocycles. The molecule has 2 atom stereocenters. The summed E-state index contributed by atoms with van der Waals surface area (Å²) < 4.78 is 4.61. The molecule has 1 aromatic carbocycles. The standard InChI is InChI=1S/C12H14O3/c1-15-11(13)7-9-6-8-4-2-3-5-10(8)12(9)14/h2-5,9,12,14H,6-7H2,1H3/t9-,12-/m0/s1. The van der Waals surface area contributed by atoms with Crippen molar-refractivity contribution in [3.8, 4) is 0 Å². The molecule has 15 heavy (non-hydrogen) atoms. The number of esters is 1. The van der Waals surface area contributed by atoms with Gasteiger partial charge >= 0.3 is 5.97 Å². The normalized spacial score (nSPS) is 23.6. The van der Waals surface area contributed by atoms with Crippen LogP contribution in [0.1, 0.15) is 23.7 Å². The molecule has 1 aromatic rings. The number of rotatable bonds is 2. The van der Waals surface area contributed by atoms with Crippen LogP contribution in [0.2, 0.25) is 0 Å². The fourth-order valence-electron chi connectivity index (χ4n) is 2.14. The molecule has 2 rings (SSSR count). The van der Waals surface area contributed by atoms with E-state index in [9.17, 15) is 9.90 Å². The van der Waals surface area contributed by atoms with Gasteiger partial charge in [-0.05, 0) is 17.5 Å². The smallest absolute Gasteiger partial charge is 0.305 e. The molecule has 1 aliphatic rings. The summed E-state index contributed by atoms with van der Waals surface area (Å²) in [5, 5.41) is 9.98. The fraction of sp³-hybridized carbons (Fsp3) is 0.417. The van der Waals surface area contributed by atoms with E-state index in [1.54, 1.807) is 0 Å². The Bertz CT molecular complexity index is 373. The highest BCUT2D eigenvalue weighted by molar-refractivity contribution is 5.69. The zero-order valence-corrected chi connectivity index (χ0v) is 8.64. The van der Waals surface area contributed by atoms with Gasteiger partial charge in [-0.1, -0.05) is 24.3 Å². The Morgan fingerprint density at radius 2 is 2.27 bits per heavy atom. The number of benzene rings is 1. The minimum absolute atomic E-state index is 0.0325. The van der Waals surface area contributed by atoms with Crippen LogP contribution in [-0.2, 0) is 16.0 Å². The van der Waals surface area contributed by atoms with E-state index in [1.807, 2.05) is 24.3 Å². The third-order valence-corrected chi connectivity index (χ3v) is 2.96. The first-order valence-corrected chi connectivity index (χ1v) is 5.05. The van der Waals surface area contributed by atoms with E-state index >= 15 is 0 Å². The van der Waals surface area contributed by atoms with Crippen molar-refractivity contribution >= 4 is 5.97 Å². The molecule has 0 aliphatic heterocycles. The van der Waals surface area contributed by atoms with Crippen molar-refractivity contribution in [2.45, 2.75) is 18.9 Å². The van der Waals surface area contributed by atoms with Gasteiger partial charge in [0.2, 0.25) is 0 Å². The predicted molar refractivity (Wildman–Crippen MR) is 55.2 cm³/mol. The Balaban J connectivity index is 2.13. The number of carbonyl (C=O) groups excluding carboxylic acids is 1. The molecule has 80 valence electrons. The zero-order valence-electron chi connectivity index (χ0n) is 8.64. The van der Waals surface area contributed by atoms with Gasteiger partial charge in [-0.25, -0.2) is 0 Å². The van der Waals surface area contributed by atoms with Crippen molar-refractivity contribution in [2.75, 3.05) is 7.11 Å². The van der Waals surface area contributed by atoms with E-state index < -0.39 is 6.10 Å². The van der Waals surface area contributed by atoms with Crippen LogP contribution in [0, 0.1) is 5.92 Å². The fourth-order valence-corrected chi connectivity index (χ4v) is 2.14. The third-order valence-electron chi connectivity index (χ3n) is 2.96. The summed E-state index contributed by atoms with van der Waals surface area (Å²) in [4.78, 5) is 11.1. The van der Waals surface area contributed by atoms with Gasteiger partial charge in [0, 0.05) is 5.92 Å². The maximum atomic E-state index is 11.1. The number of hydrogen-bond donors (Lipinski definition) is 1. The summed E-state index contributed by atoms with van der Waals surface area (Å²) >= 11 is 0.